The Balaban J connectivity index is 1.31. The molecule has 0 saturated heterocycles. The second-order valence-corrected chi connectivity index (χ2v) is 13.7. The van der Waals surface area contributed by atoms with Crippen LogP contribution in [0.15, 0.2) is 152 Å². The number of hydrogen-bond donors (Lipinski definition) is 0. The average Bonchev–Trinajstić information content (AvgIpc) is 3.78. The first-order chi connectivity index (χ1) is 28.3. The van der Waals surface area contributed by atoms with E-state index in [2.05, 4.69) is 26.0 Å². The Hall–Kier alpha value is -8.15. The summed E-state index contributed by atoms with van der Waals surface area (Å²) in [5, 5.41) is 24.5. The molecule has 6 aromatic carbocycles. The molecule has 0 radical (unpaired) electrons. The number of nitrogens with zero attached hydrogens (tertiary/aromatic N) is 8. The van der Waals surface area contributed by atoms with Crippen molar-refractivity contribution < 1.29 is 13.2 Å². The van der Waals surface area contributed by atoms with Crippen LogP contribution in [0.4, 0.5) is 13.2 Å². The number of benzene rings is 6. The highest BCUT2D eigenvalue weighted by atomic mass is 19.4. The van der Waals surface area contributed by atoms with E-state index in [-0.39, 0.29) is 16.7 Å². The number of halogens is 3. The van der Waals surface area contributed by atoms with Gasteiger partial charge in [-0.2, -0.15) is 23.7 Å². The summed E-state index contributed by atoms with van der Waals surface area (Å²) in [5.41, 5.74) is 5.29. The largest absolute Gasteiger partial charge is 0.416 e. The van der Waals surface area contributed by atoms with E-state index in [1.54, 1.807) is 49.1 Å². The van der Waals surface area contributed by atoms with Crippen molar-refractivity contribution in [2.45, 2.75) is 6.18 Å². The molecule has 8 nitrogen and oxygen atoms in total. The lowest BCUT2D eigenvalue weighted by Gasteiger charge is -2.20. The summed E-state index contributed by atoms with van der Waals surface area (Å²) in [4.78, 5) is 17.7. The summed E-state index contributed by atoms with van der Waals surface area (Å²) < 4.78 is 47.5. The van der Waals surface area contributed by atoms with Crippen molar-refractivity contribution in [3.8, 4) is 57.4 Å². The van der Waals surface area contributed by atoms with Crippen molar-refractivity contribution in [1.29, 1.82) is 10.5 Å². The fraction of sp³-hybridized carbons (Fsp3) is 0.0213. The van der Waals surface area contributed by atoms with Crippen molar-refractivity contribution in [1.82, 2.24) is 29.1 Å². The first-order valence-corrected chi connectivity index (χ1v) is 18.1. The predicted molar refractivity (Wildman–Crippen MR) is 217 cm³/mol. The first-order valence-electron chi connectivity index (χ1n) is 18.1. The summed E-state index contributed by atoms with van der Waals surface area (Å²) >= 11 is 0. The molecule has 10 rings (SSSR count). The number of hydrogen-bond acceptors (Lipinski definition) is 6. The van der Waals surface area contributed by atoms with Crippen LogP contribution in [0, 0.1) is 22.7 Å². The molecular weight excluding hydrogens is 734 g/mol. The van der Waals surface area contributed by atoms with Crippen LogP contribution in [-0.4, -0.2) is 29.1 Å². The molecular formula is C47H25F3N8. The molecule has 58 heavy (non-hydrogen) atoms. The van der Waals surface area contributed by atoms with Gasteiger partial charge in [-0.1, -0.05) is 36.4 Å². The summed E-state index contributed by atoms with van der Waals surface area (Å²) in [5.74, 6) is 1.10. The lowest BCUT2D eigenvalue weighted by molar-refractivity contribution is -0.137. The number of para-hydroxylation sites is 2. The van der Waals surface area contributed by atoms with Gasteiger partial charge in [0.15, 0.2) is 11.6 Å². The SMILES string of the molecule is N#Cc1cc(-c2cc(-n3c4ccccc4c4cc(-c5ncccn5)ccc43)c(C#N)cc2-n2c3ccccc3c3cc(-c4ncccn4)ccc32)cc(C(F)(F)F)c1. The van der Waals surface area contributed by atoms with Gasteiger partial charge >= 0.3 is 6.18 Å². The fourth-order valence-electron chi connectivity index (χ4n) is 7.92. The van der Waals surface area contributed by atoms with E-state index < -0.39 is 11.7 Å². The van der Waals surface area contributed by atoms with Crippen molar-refractivity contribution in [2.75, 3.05) is 0 Å². The van der Waals surface area contributed by atoms with Crippen molar-refractivity contribution in [3.63, 3.8) is 0 Å². The zero-order chi connectivity index (χ0) is 39.5. The zero-order valence-electron chi connectivity index (χ0n) is 30.1. The Kier molecular flexibility index (Phi) is 7.85. The molecule has 10 aromatic rings. The van der Waals surface area contributed by atoms with Crippen LogP contribution >= 0.6 is 0 Å². The maximum absolute atomic E-state index is 14.5. The third-order valence-electron chi connectivity index (χ3n) is 10.4. The Labute approximate surface area is 328 Å². The molecule has 0 saturated carbocycles. The first kappa shape index (κ1) is 34.3. The van der Waals surface area contributed by atoms with Crippen molar-refractivity contribution >= 4 is 43.6 Å². The molecule has 0 aliphatic carbocycles. The third kappa shape index (κ3) is 5.53. The third-order valence-corrected chi connectivity index (χ3v) is 10.4. The maximum Gasteiger partial charge on any atom is 0.416 e. The minimum atomic E-state index is -4.73. The zero-order valence-corrected chi connectivity index (χ0v) is 30.1. The Morgan fingerprint density at radius 2 is 0.983 bits per heavy atom. The van der Waals surface area contributed by atoms with Gasteiger partial charge in [0.05, 0.1) is 56.2 Å². The molecule has 0 atom stereocenters. The van der Waals surface area contributed by atoms with Crippen LogP contribution in [0.1, 0.15) is 16.7 Å². The van der Waals surface area contributed by atoms with Gasteiger partial charge in [0.2, 0.25) is 0 Å². The van der Waals surface area contributed by atoms with Gasteiger partial charge in [0.25, 0.3) is 0 Å². The second-order valence-electron chi connectivity index (χ2n) is 13.7. The number of rotatable bonds is 5. The molecule has 0 aliphatic rings. The second kappa shape index (κ2) is 13.3. The van der Waals surface area contributed by atoms with E-state index in [4.69, 9.17) is 0 Å². The minimum absolute atomic E-state index is 0.149. The van der Waals surface area contributed by atoms with Crippen LogP contribution < -0.4 is 0 Å². The monoisotopic (exact) mass is 758 g/mol. The summed E-state index contributed by atoms with van der Waals surface area (Å²) in [6, 6.07) is 41.9. The molecule has 4 heterocycles. The summed E-state index contributed by atoms with van der Waals surface area (Å²) in [6.45, 7) is 0. The maximum atomic E-state index is 14.5. The van der Waals surface area contributed by atoms with Gasteiger partial charge in [-0.25, -0.2) is 19.9 Å². The summed E-state index contributed by atoms with van der Waals surface area (Å²) in [7, 11) is 0. The van der Waals surface area contributed by atoms with E-state index in [0.717, 1.165) is 66.9 Å². The minimum Gasteiger partial charge on any atom is -0.309 e. The van der Waals surface area contributed by atoms with Gasteiger partial charge in [-0.15, -0.1) is 0 Å². The molecule has 0 N–H and O–H groups in total. The van der Waals surface area contributed by atoms with Gasteiger partial charge in [0.1, 0.15) is 6.07 Å². The summed E-state index contributed by atoms with van der Waals surface area (Å²) in [6.07, 6.45) is 1.97. The highest BCUT2D eigenvalue weighted by molar-refractivity contribution is 6.12. The molecule has 4 aromatic heterocycles. The van der Waals surface area contributed by atoms with E-state index in [9.17, 15) is 23.7 Å². The molecule has 0 spiro atoms. The van der Waals surface area contributed by atoms with Gasteiger partial charge in [-0.05, 0) is 96.6 Å². The lowest BCUT2D eigenvalue weighted by Crippen LogP contribution is -2.07. The van der Waals surface area contributed by atoms with Crippen molar-refractivity contribution in [2.24, 2.45) is 0 Å². The lowest BCUT2D eigenvalue weighted by atomic mass is 9.95. The molecule has 0 aliphatic heterocycles. The van der Waals surface area contributed by atoms with E-state index in [0.29, 0.717) is 28.6 Å². The van der Waals surface area contributed by atoms with Crippen LogP contribution in [0.25, 0.3) is 88.9 Å². The van der Waals surface area contributed by atoms with E-state index in [1.165, 1.54) is 6.07 Å². The normalized spacial score (nSPS) is 11.7. The average molecular weight is 759 g/mol. The fourth-order valence-corrected chi connectivity index (χ4v) is 7.92. The van der Waals surface area contributed by atoms with Gasteiger partial charge in [-0.3, -0.25) is 0 Å². The van der Waals surface area contributed by atoms with Gasteiger partial charge in [0, 0.05) is 63.0 Å². The molecule has 11 heteroatoms. The highest BCUT2D eigenvalue weighted by Crippen LogP contribution is 2.43. The smallest absolute Gasteiger partial charge is 0.309 e. The number of alkyl halides is 3. The molecule has 0 fully saturated rings. The quantitative estimate of drug-likeness (QED) is 0.173. The number of aromatic nitrogens is 6. The van der Waals surface area contributed by atoms with Crippen LogP contribution in [0.5, 0.6) is 0 Å². The van der Waals surface area contributed by atoms with E-state index in [1.807, 2.05) is 100 Å². The predicted octanol–water partition coefficient (Wildman–Crippen LogP) is 11.2. The van der Waals surface area contributed by atoms with Crippen LogP contribution in [0.3, 0.4) is 0 Å². The number of nitriles is 2. The standard InChI is InChI=1S/C47H25F3N8/c48-47(49,50)33-20-28(26-51)19-31(21-33)36-25-43(57-39-9-3-1-7-34(39)37-22-29(11-13-41(37)57)45-53-15-5-16-54-45)32(27-52)24-44(36)58-40-10-4-2-8-35(40)38-23-30(12-14-42(38)58)46-55-17-6-18-56-46/h1-25H. The Morgan fingerprint density at radius 3 is 1.50 bits per heavy atom. The molecule has 0 bridgehead atoms. The Bertz CT molecular complexity index is 3360. The molecule has 0 amide bonds. The molecule has 274 valence electrons. The topological polar surface area (TPSA) is 109 Å². The van der Waals surface area contributed by atoms with Crippen molar-refractivity contribution in [3.05, 3.63) is 169 Å². The number of fused-ring (bicyclic) bond motifs is 6. The molecule has 0 unspecified atom stereocenters. The van der Waals surface area contributed by atoms with Crippen LogP contribution in [-0.2, 0) is 6.18 Å². The Morgan fingerprint density at radius 1 is 0.466 bits per heavy atom. The van der Waals surface area contributed by atoms with Gasteiger partial charge < -0.3 is 9.13 Å². The van der Waals surface area contributed by atoms with E-state index >= 15 is 0 Å². The van der Waals surface area contributed by atoms with Crippen LogP contribution in [0.2, 0.25) is 0 Å². The highest BCUT2D eigenvalue weighted by Gasteiger charge is 2.32.